The number of aromatic carboxylic acids is 1. The van der Waals surface area contributed by atoms with E-state index in [1.807, 2.05) is 42.5 Å². The van der Waals surface area contributed by atoms with Crippen molar-refractivity contribution in [2.75, 3.05) is 0 Å². The molecule has 1 amide bonds. The van der Waals surface area contributed by atoms with E-state index in [-0.39, 0.29) is 35.7 Å². The number of hydrogen-bond donors (Lipinski definition) is 4. The van der Waals surface area contributed by atoms with Gasteiger partial charge in [-0.3, -0.25) is 9.48 Å². The minimum Gasteiger partial charge on any atom is -0.479 e. The van der Waals surface area contributed by atoms with Gasteiger partial charge in [-0.25, -0.2) is 9.59 Å². The summed E-state index contributed by atoms with van der Waals surface area (Å²) in [5.41, 5.74) is 2.00. The summed E-state index contributed by atoms with van der Waals surface area (Å²) >= 11 is 5.78. The molecule has 3 aromatic carbocycles. The first-order valence-electron chi connectivity index (χ1n) is 13.0. The number of carboxylic acid groups (broad SMARTS) is 2. The van der Waals surface area contributed by atoms with Crippen LogP contribution in [0, 0.1) is 0 Å². The molecule has 0 aliphatic carbocycles. The number of aromatic nitrogens is 2. The summed E-state index contributed by atoms with van der Waals surface area (Å²) in [7, 11) is 0. The Labute approximate surface area is 253 Å². The van der Waals surface area contributed by atoms with Crippen molar-refractivity contribution in [2.24, 2.45) is 0 Å². The average Bonchev–Trinajstić information content (AvgIpc) is 3.39. The Kier molecular flexibility index (Phi) is 9.91. The number of halogens is 4. The Bertz CT molecular complexity index is 1640. The van der Waals surface area contributed by atoms with Gasteiger partial charge in [0.05, 0.1) is 11.6 Å². The number of nitrogens with one attached hydrogen (secondary N) is 1. The Morgan fingerprint density at radius 3 is 2.18 bits per heavy atom. The smallest absolute Gasteiger partial charge is 0.479 e. The number of ether oxygens (including phenoxy) is 1. The van der Waals surface area contributed by atoms with Gasteiger partial charge in [-0.15, -0.1) is 13.2 Å². The summed E-state index contributed by atoms with van der Waals surface area (Å²) in [4.78, 5) is 36.4. The fraction of sp³-hybridized carbons (Fsp3) is 0.200. The maximum atomic E-state index is 13.2. The van der Waals surface area contributed by atoms with Gasteiger partial charge >= 0.3 is 18.3 Å². The molecule has 2 atom stereocenters. The summed E-state index contributed by atoms with van der Waals surface area (Å²) in [6.07, 6.45) is -7.04. The van der Waals surface area contributed by atoms with E-state index in [0.29, 0.717) is 0 Å². The third kappa shape index (κ3) is 8.58. The van der Waals surface area contributed by atoms with E-state index in [0.717, 1.165) is 39.6 Å². The van der Waals surface area contributed by atoms with Crippen LogP contribution in [-0.2, 0) is 17.8 Å². The number of hydrogen-bond acceptors (Lipinski definition) is 6. The van der Waals surface area contributed by atoms with Gasteiger partial charge in [0.15, 0.2) is 11.8 Å². The van der Waals surface area contributed by atoms with E-state index in [9.17, 15) is 42.9 Å². The zero-order chi connectivity index (χ0) is 32.0. The molecule has 0 fully saturated rings. The molecule has 1 aromatic heterocycles. The largest absolute Gasteiger partial charge is 0.573 e. The average molecular weight is 632 g/mol. The first kappa shape index (κ1) is 32.0. The molecule has 4 rings (SSSR count). The molecule has 4 N–H and O–H groups in total. The van der Waals surface area contributed by atoms with Gasteiger partial charge < -0.3 is 25.4 Å². The Morgan fingerprint density at radius 2 is 1.57 bits per heavy atom. The zero-order valence-corrected chi connectivity index (χ0v) is 23.4. The second-order valence-corrected chi connectivity index (χ2v) is 10.1. The van der Waals surface area contributed by atoms with Crippen molar-refractivity contribution in [3.05, 3.63) is 106 Å². The molecule has 1 unspecified atom stereocenters. The first-order chi connectivity index (χ1) is 20.8. The van der Waals surface area contributed by atoms with E-state index in [4.69, 9.17) is 11.6 Å². The third-order valence-electron chi connectivity index (χ3n) is 6.46. The van der Waals surface area contributed by atoms with Crippen molar-refractivity contribution in [1.82, 2.24) is 15.1 Å². The lowest BCUT2D eigenvalue weighted by Gasteiger charge is -2.20. The van der Waals surface area contributed by atoms with Crippen molar-refractivity contribution in [2.45, 2.75) is 37.9 Å². The normalized spacial score (nSPS) is 12.8. The molecule has 0 aliphatic heterocycles. The number of aliphatic carboxylic acids is 1. The van der Waals surface area contributed by atoms with Gasteiger partial charge in [0.1, 0.15) is 11.4 Å². The van der Waals surface area contributed by atoms with Crippen molar-refractivity contribution in [3.8, 4) is 16.9 Å². The van der Waals surface area contributed by atoms with Crippen LogP contribution in [0.2, 0.25) is 5.02 Å². The topological polar surface area (TPSA) is 151 Å². The second kappa shape index (κ2) is 13.6. The van der Waals surface area contributed by atoms with Crippen molar-refractivity contribution >= 4 is 29.4 Å². The quantitative estimate of drug-likeness (QED) is 0.170. The molecule has 14 heteroatoms. The predicted octanol–water partition coefficient (Wildman–Crippen LogP) is 5.03. The van der Waals surface area contributed by atoms with Gasteiger partial charge in [0.25, 0.3) is 5.91 Å². The van der Waals surface area contributed by atoms with Crippen LogP contribution in [0.4, 0.5) is 13.2 Å². The Balaban J connectivity index is 1.54. The van der Waals surface area contributed by atoms with Crippen molar-refractivity contribution in [1.29, 1.82) is 0 Å². The predicted molar refractivity (Wildman–Crippen MR) is 152 cm³/mol. The number of aliphatic hydroxyl groups is 1. The fourth-order valence-electron chi connectivity index (χ4n) is 4.41. The molecule has 0 spiro atoms. The van der Waals surface area contributed by atoms with Gasteiger partial charge in [-0.2, -0.15) is 5.10 Å². The van der Waals surface area contributed by atoms with Gasteiger partial charge in [0, 0.05) is 18.5 Å². The standard InChI is InChI=1S/C30H25ClF3N3O7/c31-22-11-8-18(13-26(22)44-30(32,33)34)16-37-24(28(40)41)15-23(36-37)27(39)35-21(14-25(38)29(42)43)12-17-6-9-20(10-7-17)19-4-2-1-3-5-19/h1-11,13,15,21,25,38H,12,14,16H2,(H,35,39)(H,40,41)(H,42,43)/t21-,25?/m1/s1. The molecule has 0 saturated carbocycles. The monoisotopic (exact) mass is 631 g/mol. The number of amides is 1. The SMILES string of the molecule is O=C(N[C@H](Cc1ccc(-c2ccccc2)cc1)CC(O)C(=O)O)c1cc(C(=O)O)n(Cc2ccc(Cl)c(OC(F)(F)F)c2)n1. The van der Waals surface area contributed by atoms with Crippen LogP contribution < -0.4 is 10.1 Å². The third-order valence-corrected chi connectivity index (χ3v) is 6.77. The lowest BCUT2D eigenvalue weighted by molar-refractivity contribution is -0.274. The summed E-state index contributed by atoms with van der Waals surface area (Å²) < 4.78 is 43.0. The van der Waals surface area contributed by atoms with Crippen molar-refractivity contribution < 1.29 is 47.6 Å². The highest BCUT2D eigenvalue weighted by molar-refractivity contribution is 6.32. The number of alkyl halides is 3. The molecule has 4 aromatic rings. The van der Waals surface area contributed by atoms with E-state index in [1.54, 1.807) is 12.1 Å². The van der Waals surface area contributed by atoms with Gasteiger partial charge in [0.2, 0.25) is 0 Å². The number of benzene rings is 3. The van der Waals surface area contributed by atoms with Crippen LogP contribution in [0.25, 0.3) is 11.1 Å². The molecule has 44 heavy (non-hydrogen) atoms. The summed E-state index contributed by atoms with van der Waals surface area (Å²) in [5.74, 6) is -4.51. The lowest BCUT2D eigenvalue weighted by atomic mass is 9.97. The lowest BCUT2D eigenvalue weighted by Crippen LogP contribution is -2.40. The highest BCUT2D eigenvalue weighted by Crippen LogP contribution is 2.31. The van der Waals surface area contributed by atoms with Crippen LogP contribution in [-0.4, -0.2) is 61.5 Å². The fourth-order valence-corrected chi connectivity index (χ4v) is 4.57. The number of carbonyl (C=O) groups is 3. The number of carboxylic acids is 2. The molecule has 10 nitrogen and oxygen atoms in total. The number of carbonyl (C=O) groups excluding carboxylic acids is 1. The maximum absolute atomic E-state index is 13.2. The molecular weight excluding hydrogens is 607 g/mol. The molecule has 1 heterocycles. The summed E-state index contributed by atoms with van der Waals surface area (Å²) in [6.45, 7) is -0.352. The van der Waals surface area contributed by atoms with Crippen LogP contribution >= 0.6 is 11.6 Å². The highest BCUT2D eigenvalue weighted by atomic mass is 35.5. The van der Waals surface area contributed by atoms with Gasteiger partial charge in [-0.1, -0.05) is 72.3 Å². The zero-order valence-electron chi connectivity index (χ0n) is 22.7. The summed E-state index contributed by atoms with van der Waals surface area (Å²) in [5, 5.41) is 35.2. The van der Waals surface area contributed by atoms with E-state index >= 15 is 0 Å². The highest BCUT2D eigenvalue weighted by Gasteiger charge is 2.32. The molecule has 0 aliphatic rings. The van der Waals surface area contributed by atoms with Crippen LogP contribution in [0.3, 0.4) is 0 Å². The first-order valence-corrected chi connectivity index (χ1v) is 13.4. The van der Waals surface area contributed by atoms with Crippen molar-refractivity contribution in [3.63, 3.8) is 0 Å². The number of aliphatic hydroxyl groups excluding tert-OH is 1. The van der Waals surface area contributed by atoms with Crippen LogP contribution in [0.5, 0.6) is 5.75 Å². The number of nitrogens with zero attached hydrogens (tertiary/aromatic N) is 2. The summed E-state index contributed by atoms with van der Waals surface area (Å²) in [6, 6.07) is 20.4. The minimum atomic E-state index is -5.01. The van der Waals surface area contributed by atoms with Crippen LogP contribution in [0.15, 0.2) is 78.9 Å². The van der Waals surface area contributed by atoms with E-state index in [2.05, 4.69) is 15.2 Å². The molecule has 0 bridgehead atoms. The minimum absolute atomic E-state index is 0.129. The van der Waals surface area contributed by atoms with E-state index in [1.165, 1.54) is 6.07 Å². The molecule has 0 radical (unpaired) electrons. The number of rotatable bonds is 12. The Morgan fingerprint density at radius 1 is 0.932 bits per heavy atom. The van der Waals surface area contributed by atoms with Crippen LogP contribution in [0.1, 0.15) is 38.5 Å². The second-order valence-electron chi connectivity index (χ2n) is 9.72. The molecule has 0 saturated heterocycles. The Hall–Kier alpha value is -4.88. The molecular formula is C30H25ClF3N3O7. The maximum Gasteiger partial charge on any atom is 0.573 e. The molecule has 230 valence electrons. The van der Waals surface area contributed by atoms with E-state index < -0.39 is 47.8 Å². The van der Waals surface area contributed by atoms with Gasteiger partial charge in [-0.05, 0) is 40.8 Å².